The van der Waals surface area contributed by atoms with Gasteiger partial charge in [-0.25, -0.2) is 4.79 Å². The zero-order valence-electron chi connectivity index (χ0n) is 8.30. The molecule has 1 rings (SSSR count). The van der Waals surface area contributed by atoms with Gasteiger partial charge in [-0.05, 0) is 26.3 Å². The minimum atomic E-state index is -0.171. The van der Waals surface area contributed by atoms with Gasteiger partial charge in [0, 0.05) is 12.1 Å². The predicted molar refractivity (Wildman–Crippen MR) is 51.4 cm³/mol. The second kappa shape index (κ2) is 5.02. The van der Waals surface area contributed by atoms with Crippen molar-refractivity contribution >= 4 is 5.97 Å². The largest absolute Gasteiger partial charge is 0.458 e. The van der Waals surface area contributed by atoms with Crippen molar-refractivity contribution in [3.05, 3.63) is 11.6 Å². The summed E-state index contributed by atoms with van der Waals surface area (Å²) in [7, 11) is 0. The Morgan fingerprint density at radius 2 is 2.46 bits per heavy atom. The van der Waals surface area contributed by atoms with Gasteiger partial charge in [-0.15, -0.1) is 0 Å². The molecule has 3 nitrogen and oxygen atoms in total. The molecule has 0 saturated carbocycles. The van der Waals surface area contributed by atoms with E-state index in [4.69, 9.17) is 4.74 Å². The van der Waals surface area contributed by atoms with Crippen LogP contribution in [-0.2, 0) is 9.53 Å². The van der Waals surface area contributed by atoms with Crippen molar-refractivity contribution in [1.82, 2.24) is 5.32 Å². The molecule has 74 valence electrons. The van der Waals surface area contributed by atoms with E-state index in [9.17, 15) is 4.79 Å². The van der Waals surface area contributed by atoms with E-state index in [1.807, 2.05) is 13.0 Å². The van der Waals surface area contributed by atoms with E-state index in [1.165, 1.54) is 0 Å². The number of nitrogens with one attached hydrogen (secondary N) is 1. The van der Waals surface area contributed by atoms with Crippen LogP contribution in [0.15, 0.2) is 11.6 Å². The zero-order chi connectivity index (χ0) is 9.68. The number of ether oxygens (including phenoxy) is 1. The van der Waals surface area contributed by atoms with Crippen LogP contribution in [0.25, 0.3) is 0 Å². The highest BCUT2D eigenvalue weighted by atomic mass is 16.5. The van der Waals surface area contributed by atoms with Crippen LogP contribution in [-0.4, -0.2) is 25.2 Å². The van der Waals surface area contributed by atoms with E-state index < -0.39 is 0 Å². The first-order chi connectivity index (χ1) is 6.24. The predicted octanol–water partition coefficient (Wildman–Crippen LogP) is 1.25. The molecule has 1 saturated heterocycles. The van der Waals surface area contributed by atoms with Gasteiger partial charge in [0.2, 0.25) is 0 Å². The maximum absolute atomic E-state index is 11.4. The van der Waals surface area contributed by atoms with Gasteiger partial charge >= 0.3 is 5.97 Å². The molecule has 1 aliphatic rings. The molecule has 0 amide bonds. The average molecular weight is 183 g/mol. The van der Waals surface area contributed by atoms with Crippen molar-refractivity contribution in [3.8, 4) is 0 Å². The summed E-state index contributed by atoms with van der Waals surface area (Å²) >= 11 is 0. The Morgan fingerprint density at radius 1 is 1.69 bits per heavy atom. The second-order valence-electron chi connectivity index (χ2n) is 3.32. The first-order valence-electron chi connectivity index (χ1n) is 4.82. The van der Waals surface area contributed by atoms with E-state index in [-0.39, 0.29) is 12.1 Å². The van der Waals surface area contributed by atoms with Crippen molar-refractivity contribution in [3.63, 3.8) is 0 Å². The minimum Gasteiger partial charge on any atom is -0.458 e. The van der Waals surface area contributed by atoms with Crippen LogP contribution in [0.5, 0.6) is 0 Å². The highest BCUT2D eigenvalue weighted by Crippen LogP contribution is 2.07. The standard InChI is InChI=1S/C10H17NO2/c1-3-4-8(2)10(12)13-9-5-6-11-7-9/h4,9,11H,3,5-7H2,1-2H3. The number of rotatable bonds is 3. The molecule has 0 bridgehead atoms. The normalized spacial score (nSPS) is 23.2. The zero-order valence-corrected chi connectivity index (χ0v) is 8.30. The second-order valence-corrected chi connectivity index (χ2v) is 3.32. The third kappa shape index (κ3) is 3.19. The third-order valence-corrected chi connectivity index (χ3v) is 2.12. The molecular formula is C10H17NO2. The molecule has 0 spiro atoms. The fourth-order valence-electron chi connectivity index (χ4n) is 1.36. The first-order valence-corrected chi connectivity index (χ1v) is 4.82. The highest BCUT2D eigenvalue weighted by molar-refractivity contribution is 5.87. The van der Waals surface area contributed by atoms with Gasteiger partial charge in [0.15, 0.2) is 0 Å². The fraction of sp³-hybridized carbons (Fsp3) is 0.700. The lowest BCUT2D eigenvalue weighted by Gasteiger charge is -2.10. The van der Waals surface area contributed by atoms with E-state index in [0.717, 1.165) is 31.5 Å². The van der Waals surface area contributed by atoms with Crippen LogP contribution in [0.3, 0.4) is 0 Å². The van der Waals surface area contributed by atoms with Crippen molar-refractivity contribution in [2.24, 2.45) is 0 Å². The van der Waals surface area contributed by atoms with E-state index in [2.05, 4.69) is 5.32 Å². The molecule has 13 heavy (non-hydrogen) atoms. The number of carbonyl (C=O) groups is 1. The highest BCUT2D eigenvalue weighted by Gasteiger charge is 2.18. The smallest absolute Gasteiger partial charge is 0.333 e. The summed E-state index contributed by atoms with van der Waals surface area (Å²) in [6.45, 7) is 5.56. The maximum Gasteiger partial charge on any atom is 0.333 e. The number of esters is 1. The van der Waals surface area contributed by atoms with Gasteiger partial charge in [-0.3, -0.25) is 0 Å². The van der Waals surface area contributed by atoms with Crippen LogP contribution in [0.2, 0.25) is 0 Å². The molecular weight excluding hydrogens is 166 g/mol. The van der Waals surface area contributed by atoms with Crippen molar-refractivity contribution < 1.29 is 9.53 Å². The molecule has 0 aromatic heterocycles. The first kappa shape index (κ1) is 10.3. The molecule has 0 aromatic rings. The van der Waals surface area contributed by atoms with Crippen LogP contribution >= 0.6 is 0 Å². The number of allylic oxidation sites excluding steroid dienone is 1. The average Bonchev–Trinajstić information content (AvgIpc) is 2.57. The van der Waals surface area contributed by atoms with Crippen LogP contribution < -0.4 is 5.32 Å². The Balaban J connectivity index is 2.35. The molecule has 0 aromatic carbocycles. The SMILES string of the molecule is CCC=C(C)C(=O)OC1CCNC1. The summed E-state index contributed by atoms with van der Waals surface area (Å²) in [4.78, 5) is 11.4. The topological polar surface area (TPSA) is 38.3 Å². The molecule has 1 heterocycles. The van der Waals surface area contributed by atoms with E-state index >= 15 is 0 Å². The number of carbonyl (C=O) groups excluding carboxylic acids is 1. The summed E-state index contributed by atoms with van der Waals surface area (Å²) in [6, 6.07) is 0. The molecule has 1 unspecified atom stereocenters. The van der Waals surface area contributed by atoms with Gasteiger partial charge in [-0.2, -0.15) is 0 Å². The quantitative estimate of drug-likeness (QED) is 0.528. The van der Waals surface area contributed by atoms with Crippen LogP contribution in [0.4, 0.5) is 0 Å². The Morgan fingerprint density at radius 3 is 3.00 bits per heavy atom. The van der Waals surface area contributed by atoms with Crippen molar-refractivity contribution in [2.45, 2.75) is 32.8 Å². The van der Waals surface area contributed by atoms with E-state index in [0.29, 0.717) is 0 Å². The molecule has 1 fully saturated rings. The molecule has 1 N–H and O–H groups in total. The van der Waals surface area contributed by atoms with Gasteiger partial charge in [0.1, 0.15) is 6.10 Å². The Kier molecular flexibility index (Phi) is 3.96. The summed E-state index contributed by atoms with van der Waals surface area (Å²) in [5, 5.41) is 3.15. The van der Waals surface area contributed by atoms with Crippen LogP contribution in [0, 0.1) is 0 Å². The molecule has 0 radical (unpaired) electrons. The van der Waals surface area contributed by atoms with Gasteiger partial charge < -0.3 is 10.1 Å². The maximum atomic E-state index is 11.4. The molecule has 1 atom stereocenters. The third-order valence-electron chi connectivity index (χ3n) is 2.12. The van der Waals surface area contributed by atoms with Gasteiger partial charge in [-0.1, -0.05) is 13.0 Å². The lowest BCUT2D eigenvalue weighted by Crippen LogP contribution is -2.21. The Labute approximate surface area is 79.2 Å². The summed E-state index contributed by atoms with van der Waals surface area (Å²) in [6.07, 6.45) is 3.78. The number of hydrogen-bond donors (Lipinski definition) is 1. The molecule has 0 aliphatic carbocycles. The summed E-state index contributed by atoms with van der Waals surface area (Å²) in [5.74, 6) is -0.171. The minimum absolute atomic E-state index is 0.0766. The Bertz CT molecular complexity index is 205. The summed E-state index contributed by atoms with van der Waals surface area (Å²) < 4.78 is 5.26. The Hall–Kier alpha value is -0.830. The van der Waals surface area contributed by atoms with Crippen molar-refractivity contribution in [1.29, 1.82) is 0 Å². The lowest BCUT2D eigenvalue weighted by molar-refractivity contribution is -0.143. The number of hydrogen-bond acceptors (Lipinski definition) is 3. The fourth-order valence-corrected chi connectivity index (χ4v) is 1.36. The lowest BCUT2D eigenvalue weighted by atomic mass is 10.2. The monoisotopic (exact) mass is 183 g/mol. The molecule has 3 heteroatoms. The van der Waals surface area contributed by atoms with Crippen LogP contribution in [0.1, 0.15) is 26.7 Å². The van der Waals surface area contributed by atoms with E-state index in [1.54, 1.807) is 6.92 Å². The van der Waals surface area contributed by atoms with Gasteiger partial charge in [0.25, 0.3) is 0 Å². The van der Waals surface area contributed by atoms with Gasteiger partial charge in [0.05, 0.1) is 0 Å². The summed E-state index contributed by atoms with van der Waals surface area (Å²) in [5.41, 5.74) is 0.717. The molecule has 1 aliphatic heterocycles. The van der Waals surface area contributed by atoms with Crippen molar-refractivity contribution in [2.75, 3.05) is 13.1 Å².